The Balaban J connectivity index is 1.00. The fraction of sp³-hybridized carbons (Fsp3) is 0.0741. The van der Waals surface area contributed by atoms with Crippen molar-refractivity contribution in [3.63, 3.8) is 0 Å². The van der Waals surface area contributed by atoms with Crippen LogP contribution in [0.5, 0.6) is 0 Å². The van der Waals surface area contributed by atoms with E-state index < -0.39 is 9.85 Å². The monoisotopic (exact) mass is 974 g/mol. The van der Waals surface area contributed by atoms with E-state index in [0.717, 1.165) is 34.4 Å². The van der Waals surface area contributed by atoms with Gasteiger partial charge in [0.25, 0.3) is 11.4 Å². The highest BCUT2D eigenvalue weighted by Crippen LogP contribution is 2.39. The number of hydrogen-bond acceptors (Lipinski definition) is 18. The maximum absolute atomic E-state index is 11.3. The van der Waals surface area contributed by atoms with Gasteiger partial charge in [0, 0.05) is 59.9 Å². The van der Waals surface area contributed by atoms with Crippen LogP contribution in [0.2, 0.25) is 0 Å². The van der Waals surface area contributed by atoms with Crippen molar-refractivity contribution in [2.75, 3.05) is 21.3 Å². The van der Waals surface area contributed by atoms with Crippen LogP contribution in [0.4, 0.5) is 68.8 Å². The Morgan fingerprint density at radius 3 is 1.32 bits per heavy atom. The molecule has 2 heterocycles. The predicted octanol–water partition coefficient (Wildman–Crippen LogP) is 13.6. The molecule has 8 aromatic rings. The molecule has 0 saturated carbocycles. The van der Waals surface area contributed by atoms with Gasteiger partial charge in [0.15, 0.2) is 17.5 Å². The lowest BCUT2D eigenvalue weighted by molar-refractivity contribution is -0.385. The Labute approximate surface area is 422 Å². The number of nitro groups is 2. The molecule has 0 aliphatic carbocycles. The number of nitrogens with zero attached hydrogens (tertiary/aromatic N) is 12. The lowest BCUT2D eigenvalue weighted by atomic mass is 10.0. The van der Waals surface area contributed by atoms with Crippen molar-refractivity contribution in [2.45, 2.75) is 26.9 Å². The standard InChI is InChI=1S/C54H38N16O4/c1-33-45(29-57)51(63-54(62-42-11-7-4-8-12-42)50(33)68-66-48-24-22-44(70(73)74)26-40(48)28-56)59-31-35-13-17-37(18-14-35)38-19-15-36(16-20-38)32-60-53-49(67-65-47-23-21-43(69(71)72)25-39(47)27-55)34(2)46(30-58)52(64-53)61-41-9-5-3-6-10-41/h3-26H,31-32H2,1-2H3,(H2,59,62,63)(H2,60,61,64). The molecule has 0 aliphatic rings. The molecule has 0 bridgehead atoms. The second-order valence-corrected chi connectivity index (χ2v) is 16.2. The number of non-ortho nitro benzene ring substituents is 2. The van der Waals surface area contributed by atoms with Gasteiger partial charge in [-0.15, -0.1) is 20.5 Å². The summed E-state index contributed by atoms with van der Waals surface area (Å²) in [7, 11) is 0. The third-order valence-electron chi connectivity index (χ3n) is 11.4. The van der Waals surface area contributed by atoms with Crippen molar-refractivity contribution < 1.29 is 9.85 Å². The first-order valence-electron chi connectivity index (χ1n) is 22.4. The van der Waals surface area contributed by atoms with Crippen LogP contribution in [-0.2, 0) is 13.1 Å². The zero-order chi connectivity index (χ0) is 52.1. The van der Waals surface area contributed by atoms with Crippen molar-refractivity contribution in [3.8, 4) is 35.4 Å². The Kier molecular flexibility index (Phi) is 14.9. The average Bonchev–Trinajstić information content (AvgIpc) is 3.42. The number of rotatable bonds is 17. The van der Waals surface area contributed by atoms with Crippen LogP contribution in [0.1, 0.15) is 44.5 Å². The minimum Gasteiger partial charge on any atom is -0.365 e. The summed E-state index contributed by atoms with van der Waals surface area (Å²) in [6.07, 6.45) is 0. The first-order chi connectivity index (χ1) is 36.0. The molecule has 0 saturated heterocycles. The molecular weight excluding hydrogens is 937 g/mol. The molecule has 0 amide bonds. The van der Waals surface area contributed by atoms with E-state index in [1.807, 2.05) is 121 Å². The van der Waals surface area contributed by atoms with Gasteiger partial charge in [0.2, 0.25) is 0 Å². The number of hydrogen-bond donors (Lipinski definition) is 4. The number of azo groups is 2. The molecule has 4 N–H and O–H groups in total. The molecule has 0 radical (unpaired) electrons. The quantitative estimate of drug-likeness (QED) is 0.0375. The minimum atomic E-state index is -0.602. The van der Waals surface area contributed by atoms with Crippen molar-refractivity contribution in [1.29, 1.82) is 21.0 Å². The van der Waals surface area contributed by atoms with Gasteiger partial charge in [-0.3, -0.25) is 20.2 Å². The summed E-state index contributed by atoms with van der Waals surface area (Å²) >= 11 is 0. The molecule has 20 nitrogen and oxygen atoms in total. The Bertz CT molecular complexity index is 3690. The van der Waals surface area contributed by atoms with Gasteiger partial charge < -0.3 is 21.3 Å². The Hall–Kier alpha value is -11.2. The number of anilines is 6. The molecule has 0 spiro atoms. The topological polar surface area (TPSA) is 305 Å². The maximum atomic E-state index is 11.3. The van der Waals surface area contributed by atoms with Crippen molar-refractivity contribution in [3.05, 3.63) is 210 Å². The van der Waals surface area contributed by atoms with E-state index in [2.05, 4.69) is 53.9 Å². The lowest BCUT2D eigenvalue weighted by Crippen LogP contribution is -2.07. The van der Waals surface area contributed by atoms with Crippen molar-refractivity contribution >= 4 is 68.8 Å². The third kappa shape index (κ3) is 11.3. The highest BCUT2D eigenvalue weighted by Gasteiger charge is 2.21. The number of aromatic nitrogens is 2. The highest BCUT2D eigenvalue weighted by atomic mass is 16.6. The molecular formula is C54H38N16O4. The summed E-state index contributed by atoms with van der Waals surface area (Å²) in [5.41, 5.74) is 6.52. The smallest absolute Gasteiger partial charge is 0.270 e. The Morgan fingerprint density at radius 2 is 0.892 bits per heavy atom. The highest BCUT2D eigenvalue weighted by molar-refractivity contribution is 5.79. The lowest BCUT2D eigenvalue weighted by Gasteiger charge is -2.16. The number of pyridine rings is 2. The fourth-order valence-corrected chi connectivity index (χ4v) is 7.49. The van der Waals surface area contributed by atoms with Gasteiger partial charge in [0.1, 0.15) is 52.8 Å². The van der Waals surface area contributed by atoms with Gasteiger partial charge in [-0.25, -0.2) is 9.97 Å². The summed E-state index contributed by atoms with van der Waals surface area (Å²) < 4.78 is 0. The first-order valence-corrected chi connectivity index (χ1v) is 22.4. The summed E-state index contributed by atoms with van der Waals surface area (Å²) in [5.74, 6) is 1.16. The van der Waals surface area contributed by atoms with Crippen LogP contribution >= 0.6 is 0 Å². The third-order valence-corrected chi connectivity index (χ3v) is 11.4. The van der Waals surface area contributed by atoms with Gasteiger partial charge in [-0.1, -0.05) is 84.9 Å². The number of nitrogens with one attached hydrogen (secondary N) is 4. The summed E-state index contributed by atoms with van der Waals surface area (Å²) in [5, 5.41) is 93.1. The van der Waals surface area contributed by atoms with E-state index in [1.54, 1.807) is 13.8 Å². The second kappa shape index (κ2) is 22.5. The average molecular weight is 975 g/mol. The van der Waals surface area contributed by atoms with Crippen molar-refractivity contribution in [1.82, 2.24) is 9.97 Å². The van der Waals surface area contributed by atoms with E-state index >= 15 is 0 Å². The summed E-state index contributed by atoms with van der Waals surface area (Å²) in [4.78, 5) is 31.0. The van der Waals surface area contributed by atoms with Crippen LogP contribution in [0, 0.1) is 79.4 Å². The minimum absolute atomic E-state index is 0.0423. The maximum Gasteiger partial charge on any atom is 0.270 e. The van der Waals surface area contributed by atoms with E-state index in [-0.39, 0.29) is 68.0 Å². The van der Waals surface area contributed by atoms with Gasteiger partial charge in [-0.05, 0) is 72.5 Å². The van der Waals surface area contributed by atoms with Crippen LogP contribution in [0.25, 0.3) is 11.1 Å². The second-order valence-electron chi connectivity index (χ2n) is 16.2. The molecule has 0 unspecified atom stereocenters. The molecule has 0 fully saturated rings. The Morgan fingerprint density at radius 1 is 0.486 bits per heavy atom. The number of para-hydroxylation sites is 2. The van der Waals surface area contributed by atoms with Gasteiger partial charge >= 0.3 is 0 Å². The van der Waals surface area contributed by atoms with E-state index in [9.17, 15) is 41.3 Å². The van der Waals surface area contributed by atoms with Crippen LogP contribution in [0.3, 0.4) is 0 Å². The SMILES string of the molecule is Cc1c(C#N)c(Nc2ccccc2)nc(NCc2ccc(-c3ccc(CNc4nc(Nc5ccccc5)c(N=Nc5ccc([N+](=O)[O-])cc5C#N)c(C)c4C#N)cc3)cc2)c1N=Nc1ccc([N+](=O)[O-])cc1C#N. The van der Waals surface area contributed by atoms with E-state index in [0.29, 0.717) is 47.2 Å². The number of nitriles is 4. The van der Waals surface area contributed by atoms with Crippen LogP contribution in [0.15, 0.2) is 166 Å². The zero-order valence-corrected chi connectivity index (χ0v) is 39.3. The number of benzene rings is 6. The van der Waals surface area contributed by atoms with Crippen molar-refractivity contribution in [2.24, 2.45) is 20.5 Å². The zero-order valence-electron chi connectivity index (χ0n) is 39.3. The molecule has 0 atom stereocenters. The first kappa shape index (κ1) is 49.2. The molecule has 8 rings (SSSR count). The normalized spacial score (nSPS) is 10.7. The number of nitro benzene ring substituents is 2. The summed E-state index contributed by atoms with van der Waals surface area (Å²) in [6, 6.07) is 49.9. The van der Waals surface area contributed by atoms with Crippen LogP contribution in [-0.4, -0.2) is 19.8 Å². The molecule has 20 heteroatoms. The van der Waals surface area contributed by atoms with Gasteiger partial charge in [0.05, 0.1) is 32.1 Å². The van der Waals surface area contributed by atoms with E-state index in [4.69, 9.17) is 9.97 Å². The van der Waals surface area contributed by atoms with E-state index in [1.165, 1.54) is 24.3 Å². The van der Waals surface area contributed by atoms with Crippen LogP contribution < -0.4 is 21.3 Å². The van der Waals surface area contributed by atoms with Gasteiger partial charge in [-0.2, -0.15) is 21.0 Å². The molecule has 0 aliphatic heterocycles. The molecule has 74 heavy (non-hydrogen) atoms. The largest absolute Gasteiger partial charge is 0.365 e. The molecule has 358 valence electrons. The molecule has 2 aromatic heterocycles. The predicted molar refractivity (Wildman–Crippen MR) is 277 cm³/mol. The molecule has 6 aromatic carbocycles. The summed E-state index contributed by atoms with van der Waals surface area (Å²) in [6.45, 7) is 4.03. The fourth-order valence-electron chi connectivity index (χ4n) is 7.49.